The standard InChI is InChI=1S/C7H10NO/c1-6(8)5-7-3-2-4-9-7/h2-4,6H,1,5,8H2. The number of hydrogen-bond acceptors (Lipinski definition) is 2. The molecule has 0 aliphatic rings. The molecule has 0 fully saturated rings. The molecule has 0 aromatic carbocycles. The maximum Gasteiger partial charge on any atom is 0.105 e. The van der Waals surface area contributed by atoms with Gasteiger partial charge in [-0.05, 0) is 19.1 Å². The summed E-state index contributed by atoms with van der Waals surface area (Å²) in [5.41, 5.74) is 5.41. The summed E-state index contributed by atoms with van der Waals surface area (Å²) < 4.78 is 5.02. The first-order valence-corrected chi connectivity index (χ1v) is 2.90. The maximum absolute atomic E-state index is 5.41. The van der Waals surface area contributed by atoms with Crippen molar-refractivity contribution in [3.8, 4) is 0 Å². The zero-order valence-electron chi connectivity index (χ0n) is 5.21. The van der Waals surface area contributed by atoms with E-state index in [2.05, 4.69) is 6.92 Å². The van der Waals surface area contributed by atoms with Crippen molar-refractivity contribution < 1.29 is 4.42 Å². The lowest BCUT2D eigenvalue weighted by atomic mass is 10.2. The fraction of sp³-hybridized carbons (Fsp3) is 0.286. The van der Waals surface area contributed by atoms with Crippen LogP contribution in [0, 0.1) is 6.92 Å². The van der Waals surface area contributed by atoms with Gasteiger partial charge in [-0.2, -0.15) is 0 Å². The average molecular weight is 124 g/mol. The van der Waals surface area contributed by atoms with Crippen LogP contribution in [0.2, 0.25) is 0 Å². The molecule has 1 radical (unpaired) electrons. The molecule has 1 aromatic rings. The molecule has 0 spiro atoms. The van der Waals surface area contributed by atoms with Gasteiger partial charge in [-0.3, -0.25) is 0 Å². The SMILES string of the molecule is [CH2]C(N)Cc1ccco1. The zero-order valence-corrected chi connectivity index (χ0v) is 5.21. The molecule has 2 heteroatoms. The summed E-state index contributed by atoms with van der Waals surface area (Å²) in [6, 6.07) is 3.68. The topological polar surface area (TPSA) is 39.2 Å². The fourth-order valence-corrected chi connectivity index (χ4v) is 0.687. The Hall–Kier alpha value is -0.760. The first-order valence-electron chi connectivity index (χ1n) is 2.90. The number of hydrogen-bond donors (Lipinski definition) is 1. The van der Waals surface area contributed by atoms with Gasteiger partial charge in [0.1, 0.15) is 5.76 Å². The predicted molar refractivity (Wildman–Crippen MR) is 35.7 cm³/mol. The van der Waals surface area contributed by atoms with Crippen LogP contribution in [0.15, 0.2) is 22.8 Å². The van der Waals surface area contributed by atoms with Gasteiger partial charge < -0.3 is 10.2 Å². The van der Waals surface area contributed by atoms with Gasteiger partial charge in [0.2, 0.25) is 0 Å². The Labute approximate surface area is 54.7 Å². The molecule has 0 bridgehead atoms. The summed E-state index contributed by atoms with van der Waals surface area (Å²) in [5, 5.41) is 0. The fourth-order valence-electron chi connectivity index (χ4n) is 0.687. The minimum atomic E-state index is -0.0591. The smallest absolute Gasteiger partial charge is 0.105 e. The zero-order chi connectivity index (χ0) is 6.69. The molecule has 0 saturated carbocycles. The summed E-state index contributed by atoms with van der Waals surface area (Å²) in [6.45, 7) is 3.63. The molecule has 1 rings (SSSR count). The molecule has 49 valence electrons. The van der Waals surface area contributed by atoms with Gasteiger partial charge in [0.15, 0.2) is 0 Å². The van der Waals surface area contributed by atoms with Gasteiger partial charge in [-0.25, -0.2) is 0 Å². The second-order valence-corrected chi connectivity index (χ2v) is 2.04. The lowest BCUT2D eigenvalue weighted by molar-refractivity contribution is 0.499. The molecule has 1 aromatic heterocycles. The summed E-state index contributed by atoms with van der Waals surface area (Å²) in [6.07, 6.45) is 2.35. The molecule has 1 heterocycles. The highest BCUT2D eigenvalue weighted by Gasteiger charge is 1.97. The third kappa shape index (κ3) is 1.90. The molecular formula is C7H10NO. The van der Waals surface area contributed by atoms with Gasteiger partial charge in [-0.15, -0.1) is 0 Å². The predicted octanol–water partition coefficient (Wildman–Crippen LogP) is 0.983. The molecule has 0 amide bonds. The van der Waals surface area contributed by atoms with Crippen LogP contribution in [0.3, 0.4) is 0 Å². The van der Waals surface area contributed by atoms with E-state index in [0.29, 0.717) is 6.42 Å². The van der Waals surface area contributed by atoms with E-state index in [4.69, 9.17) is 10.2 Å². The van der Waals surface area contributed by atoms with E-state index in [1.165, 1.54) is 0 Å². The van der Waals surface area contributed by atoms with Crippen molar-refractivity contribution in [1.29, 1.82) is 0 Å². The van der Waals surface area contributed by atoms with Crippen LogP contribution < -0.4 is 5.73 Å². The lowest BCUT2D eigenvalue weighted by Crippen LogP contribution is -2.17. The van der Waals surface area contributed by atoms with E-state index < -0.39 is 0 Å². The highest BCUT2D eigenvalue weighted by molar-refractivity contribution is 5.00. The van der Waals surface area contributed by atoms with E-state index in [1.54, 1.807) is 6.26 Å². The Morgan fingerprint density at radius 1 is 1.78 bits per heavy atom. The molecule has 9 heavy (non-hydrogen) atoms. The van der Waals surface area contributed by atoms with Gasteiger partial charge in [-0.1, -0.05) is 0 Å². The minimum absolute atomic E-state index is 0.0591. The highest BCUT2D eigenvalue weighted by Crippen LogP contribution is 2.01. The summed E-state index contributed by atoms with van der Waals surface area (Å²) >= 11 is 0. The van der Waals surface area contributed by atoms with Gasteiger partial charge in [0.25, 0.3) is 0 Å². The first kappa shape index (κ1) is 6.36. The van der Waals surface area contributed by atoms with Crippen LogP contribution in [0.5, 0.6) is 0 Å². The Morgan fingerprint density at radius 3 is 3.00 bits per heavy atom. The van der Waals surface area contributed by atoms with Crippen molar-refractivity contribution in [2.75, 3.05) is 0 Å². The molecule has 1 unspecified atom stereocenters. The average Bonchev–Trinajstić information content (AvgIpc) is 2.15. The van der Waals surface area contributed by atoms with Crippen LogP contribution in [0.4, 0.5) is 0 Å². The normalized spacial score (nSPS) is 13.6. The van der Waals surface area contributed by atoms with Gasteiger partial charge in [0, 0.05) is 12.5 Å². The number of rotatable bonds is 2. The van der Waals surface area contributed by atoms with Crippen molar-refractivity contribution in [3.05, 3.63) is 31.1 Å². The van der Waals surface area contributed by atoms with E-state index in [0.717, 1.165) is 5.76 Å². The quantitative estimate of drug-likeness (QED) is 0.638. The van der Waals surface area contributed by atoms with Crippen LogP contribution in [-0.4, -0.2) is 6.04 Å². The minimum Gasteiger partial charge on any atom is -0.469 e. The maximum atomic E-state index is 5.41. The molecule has 2 nitrogen and oxygen atoms in total. The second-order valence-electron chi connectivity index (χ2n) is 2.04. The monoisotopic (exact) mass is 124 g/mol. The molecular weight excluding hydrogens is 114 g/mol. The number of nitrogens with two attached hydrogens (primary N) is 1. The molecule has 0 saturated heterocycles. The molecule has 2 N–H and O–H groups in total. The summed E-state index contributed by atoms with van der Waals surface area (Å²) in [4.78, 5) is 0. The Balaban J connectivity index is 2.48. The largest absolute Gasteiger partial charge is 0.469 e. The third-order valence-electron chi connectivity index (χ3n) is 1.04. The summed E-state index contributed by atoms with van der Waals surface area (Å²) in [5.74, 6) is 0.900. The van der Waals surface area contributed by atoms with Crippen LogP contribution in [0.25, 0.3) is 0 Å². The lowest BCUT2D eigenvalue weighted by Gasteiger charge is -1.98. The van der Waals surface area contributed by atoms with Crippen molar-refractivity contribution in [2.45, 2.75) is 12.5 Å². The third-order valence-corrected chi connectivity index (χ3v) is 1.04. The number of furan rings is 1. The van der Waals surface area contributed by atoms with Crippen LogP contribution in [0.1, 0.15) is 5.76 Å². The molecule has 0 aliphatic carbocycles. The van der Waals surface area contributed by atoms with Crippen molar-refractivity contribution in [2.24, 2.45) is 5.73 Å². The van der Waals surface area contributed by atoms with Crippen molar-refractivity contribution in [3.63, 3.8) is 0 Å². The Morgan fingerprint density at radius 2 is 2.56 bits per heavy atom. The van der Waals surface area contributed by atoms with Gasteiger partial charge >= 0.3 is 0 Å². The van der Waals surface area contributed by atoms with E-state index in [1.807, 2.05) is 12.1 Å². The van der Waals surface area contributed by atoms with Crippen molar-refractivity contribution >= 4 is 0 Å². The van der Waals surface area contributed by atoms with Gasteiger partial charge in [0.05, 0.1) is 6.26 Å². The molecule has 0 aliphatic heterocycles. The highest BCUT2D eigenvalue weighted by atomic mass is 16.3. The second kappa shape index (κ2) is 2.69. The van der Waals surface area contributed by atoms with E-state index >= 15 is 0 Å². The van der Waals surface area contributed by atoms with Crippen molar-refractivity contribution in [1.82, 2.24) is 0 Å². The summed E-state index contributed by atoms with van der Waals surface area (Å²) in [7, 11) is 0. The Kier molecular flexibility index (Phi) is 1.90. The first-order chi connectivity index (χ1) is 4.29. The Bertz CT molecular complexity index is 155. The van der Waals surface area contributed by atoms with Crippen LogP contribution >= 0.6 is 0 Å². The van der Waals surface area contributed by atoms with E-state index in [9.17, 15) is 0 Å². The van der Waals surface area contributed by atoms with Crippen LogP contribution in [-0.2, 0) is 6.42 Å². The van der Waals surface area contributed by atoms with E-state index in [-0.39, 0.29) is 6.04 Å². The molecule has 1 atom stereocenters.